The molecule has 0 aromatic carbocycles. The Balaban J connectivity index is 1.52. The number of amides is 2. The number of carbonyl (C=O) groups excluding carboxylic acids is 2. The number of nitrogens with one attached hydrogen (secondary N) is 2. The quantitative estimate of drug-likeness (QED) is 0.559. The van der Waals surface area contributed by atoms with Gasteiger partial charge >= 0.3 is 6.09 Å². The van der Waals surface area contributed by atoms with Crippen molar-refractivity contribution in [2.24, 2.45) is 17.8 Å². The Hall–Kier alpha value is -1.70. The minimum absolute atomic E-state index is 0.0223. The highest BCUT2D eigenvalue weighted by Crippen LogP contribution is 2.52. The number of fused-ring (bicyclic) bond motifs is 1. The van der Waals surface area contributed by atoms with Gasteiger partial charge in [-0.3, -0.25) is 4.79 Å². The third-order valence-corrected chi connectivity index (χ3v) is 4.44. The highest BCUT2D eigenvalue weighted by atomic mass is 16.5. The predicted molar refractivity (Wildman–Crippen MR) is 84.0 cm³/mol. The molecule has 1 saturated carbocycles. The molecule has 22 heavy (non-hydrogen) atoms. The molecule has 2 N–H and O–H groups in total. The van der Waals surface area contributed by atoms with E-state index < -0.39 is 0 Å². The van der Waals surface area contributed by atoms with Gasteiger partial charge in [0.1, 0.15) is 0 Å². The van der Waals surface area contributed by atoms with Crippen molar-refractivity contribution < 1.29 is 14.3 Å². The van der Waals surface area contributed by atoms with E-state index in [0.29, 0.717) is 43.9 Å². The maximum absolute atomic E-state index is 11.6. The summed E-state index contributed by atoms with van der Waals surface area (Å²) in [5.41, 5.74) is 0. The average molecular weight is 306 g/mol. The van der Waals surface area contributed by atoms with Gasteiger partial charge in [-0.15, -0.1) is 11.8 Å². The van der Waals surface area contributed by atoms with Crippen LogP contribution in [0.4, 0.5) is 4.79 Å². The predicted octanol–water partition coefficient (Wildman–Crippen LogP) is 2.07. The van der Waals surface area contributed by atoms with Gasteiger partial charge in [0.05, 0.1) is 6.61 Å². The summed E-state index contributed by atoms with van der Waals surface area (Å²) in [6, 6.07) is 0. The van der Waals surface area contributed by atoms with E-state index in [-0.39, 0.29) is 12.0 Å². The molecule has 5 nitrogen and oxygen atoms in total. The summed E-state index contributed by atoms with van der Waals surface area (Å²) in [5.74, 6) is 8.27. The molecular weight excluding hydrogens is 280 g/mol. The molecule has 2 rings (SSSR count). The second-order valence-corrected chi connectivity index (χ2v) is 6.05. The van der Waals surface area contributed by atoms with Gasteiger partial charge in [-0.05, 0) is 37.0 Å². The van der Waals surface area contributed by atoms with E-state index in [1.165, 1.54) is 0 Å². The van der Waals surface area contributed by atoms with Crippen molar-refractivity contribution >= 4 is 12.0 Å². The van der Waals surface area contributed by atoms with E-state index in [2.05, 4.69) is 22.5 Å². The molecule has 0 aliphatic heterocycles. The SMILES string of the molecule is CCCC(=O)NCCNC(=O)OCC1[C@H]2CCC#CCC[C@@H]12. The molecule has 2 amide bonds. The van der Waals surface area contributed by atoms with Crippen LogP contribution < -0.4 is 10.6 Å². The molecule has 1 unspecified atom stereocenters. The first-order valence-electron chi connectivity index (χ1n) is 8.35. The number of hydrogen-bond acceptors (Lipinski definition) is 3. The van der Waals surface area contributed by atoms with Gasteiger partial charge in [0.25, 0.3) is 0 Å². The Morgan fingerprint density at radius 3 is 2.36 bits per heavy atom. The van der Waals surface area contributed by atoms with Crippen LogP contribution in [0.2, 0.25) is 0 Å². The Kier molecular flexibility index (Phi) is 6.57. The fourth-order valence-electron chi connectivity index (χ4n) is 3.19. The molecule has 0 saturated heterocycles. The molecule has 3 atom stereocenters. The van der Waals surface area contributed by atoms with Crippen LogP contribution in [0.1, 0.15) is 45.4 Å². The summed E-state index contributed by atoms with van der Waals surface area (Å²) in [7, 11) is 0. The second-order valence-electron chi connectivity index (χ2n) is 6.05. The van der Waals surface area contributed by atoms with E-state index in [1.54, 1.807) is 0 Å². The molecule has 1 fully saturated rings. The van der Waals surface area contributed by atoms with E-state index >= 15 is 0 Å². The molecule has 0 aromatic rings. The molecular formula is C17H26N2O3. The van der Waals surface area contributed by atoms with Crippen molar-refractivity contribution in [3.05, 3.63) is 0 Å². The lowest BCUT2D eigenvalue weighted by molar-refractivity contribution is -0.121. The summed E-state index contributed by atoms with van der Waals surface area (Å²) in [6.07, 6.45) is 5.19. The summed E-state index contributed by atoms with van der Waals surface area (Å²) < 4.78 is 5.29. The highest BCUT2D eigenvalue weighted by Gasteiger charge is 2.49. The van der Waals surface area contributed by atoms with Crippen molar-refractivity contribution in [3.8, 4) is 11.8 Å². The lowest BCUT2D eigenvalue weighted by Crippen LogP contribution is -2.35. The zero-order chi connectivity index (χ0) is 15.8. The lowest BCUT2D eigenvalue weighted by atomic mass is 10.1. The minimum atomic E-state index is -0.389. The van der Waals surface area contributed by atoms with E-state index in [9.17, 15) is 9.59 Å². The number of hydrogen-bond donors (Lipinski definition) is 2. The molecule has 2 aliphatic rings. The van der Waals surface area contributed by atoms with Crippen molar-refractivity contribution in [1.29, 1.82) is 0 Å². The molecule has 5 heteroatoms. The van der Waals surface area contributed by atoms with E-state index in [0.717, 1.165) is 32.1 Å². The zero-order valence-corrected chi connectivity index (χ0v) is 13.3. The zero-order valence-electron chi connectivity index (χ0n) is 13.3. The molecule has 0 radical (unpaired) electrons. The molecule has 0 spiro atoms. The Labute approximate surface area is 132 Å². The van der Waals surface area contributed by atoms with Crippen LogP contribution in [0.5, 0.6) is 0 Å². The summed E-state index contributed by atoms with van der Waals surface area (Å²) in [5, 5.41) is 5.42. The first-order chi connectivity index (χ1) is 10.7. The minimum Gasteiger partial charge on any atom is -0.449 e. The average Bonchev–Trinajstić information content (AvgIpc) is 3.11. The monoisotopic (exact) mass is 306 g/mol. The standard InChI is InChI=1S/C17H26N2O3/c1-2-7-16(20)18-10-11-19-17(21)22-12-15-13-8-5-3-4-6-9-14(13)15/h13-15H,2,5-12H2,1H3,(H,18,20)(H,19,21)/t13-,14+,15?. The van der Waals surface area contributed by atoms with Crippen molar-refractivity contribution in [3.63, 3.8) is 0 Å². The molecule has 122 valence electrons. The van der Waals surface area contributed by atoms with Crippen molar-refractivity contribution in [1.82, 2.24) is 10.6 Å². The maximum atomic E-state index is 11.6. The second kappa shape index (κ2) is 8.67. The normalized spacial score (nSPS) is 25.6. The van der Waals surface area contributed by atoms with Gasteiger partial charge in [-0.1, -0.05) is 6.92 Å². The fourth-order valence-corrected chi connectivity index (χ4v) is 3.19. The first-order valence-corrected chi connectivity index (χ1v) is 8.35. The Morgan fingerprint density at radius 2 is 1.73 bits per heavy atom. The number of carbonyl (C=O) groups is 2. The van der Waals surface area contributed by atoms with Gasteiger partial charge < -0.3 is 15.4 Å². The topological polar surface area (TPSA) is 67.4 Å². The van der Waals surface area contributed by atoms with Crippen LogP contribution >= 0.6 is 0 Å². The molecule has 0 bridgehead atoms. The van der Waals surface area contributed by atoms with Gasteiger partial charge in [0, 0.05) is 32.4 Å². The van der Waals surface area contributed by atoms with Crippen LogP contribution in [0.15, 0.2) is 0 Å². The van der Waals surface area contributed by atoms with Crippen LogP contribution in [-0.4, -0.2) is 31.7 Å². The van der Waals surface area contributed by atoms with Gasteiger partial charge in [-0.25, -0.2) is 4.79 Å². The van der Waals surface area contributed by atoms with E-state index in [4.69, 9.17) is 4.74 Å². The van der Waals surface area contributed by atoms with Crippen LogP contribution in [0.25, 0.3) is 0 Å². The van der Waals surface area contributed by atoms with Crippen LogP contribution in [0, 0.1) is 29.6 Å². The largest absolute Gasteiger partial charge is 0.449 e. The number of ether oxygens (including phenoxy) is 1. The summed E-state index contributed by atoms with van der Waals surface area (Å²) in [4.78, 5) is 22.9. The maximum Gasteiger partial charge on any atom is 0.407 e. The van der Waals surface area contributed by atoms with Crippen molar-refractivity contribution in [2.45, 2.75) is 45.4 Å². The van der Waals surface area contributed by atoms with Gasteiger partial charge in [0.2, 0.25) is 5.91 Å². The number of rotatable bonds is 7. The van der Waals surface area contributed by atoms with Crippen LogP contribution in [0.3, 0.4) is 0 Å². The smallest absolute Gasteiger partial charge is 0.407 e. The van der Waals surface area contributed by atoms with Gasteiger partial charge in [0.15, 0.2) is 0 Å². The van der Waals surface area contributed by atoms with Gasteiger partial charge in [-0.2, -0.15) is 0 Å². The molecule has 2 aliphatic carbocycles. The van der Waals surface area contributed by atoms with Crippen molar-refractivity contribution in [2.75, 3.05) is 19.7 Å². The summed E-state index contributed by atoms with van der Waals surface area (Å²) in [6.45, 7) is 3.31. The third-order valence-electron chi connectivity index (χ3n) is 4.44. The highest BCUT2D eigenvalue weighted by molar-refractivity contribution is 5.75. The molecule has 0 heterocycles. The fraction of sp³-hybridized carbons (Fsp3) is 0.765. The molecule has 0 aromatic heterocycles. The van der Waals surface area contributed by atoms with Crippen LogP contribution in [-0.2, 0) is 9.53 Å². The number of alkyl carbamates (subject to hydrolysis) is 1. The summed E-state index contributed by atoms with van der Waals surface area (Å²) >= 11 is 0. The lowest BCUT2D eigenvalue weighted by Gasteiger charge is -2.08. The Bertz CT molecular complexity index is 435. The first kappa shape index (κ1) is 16.7. The Morgan fingerprint density at radius 1 is 1.09 bits per heavy atom. The third kappa shape index (κ3) is 5.25. The van der Waals surface area contributed by atoms with E-state index in [1.807, 2.05) is 6.92 Å².